The van der Waals surface area contributed by atoms with Crippen LogP contribution in [0.3, 0.4) is 0 Å². The van der Waals surface area contributed by atoms with E-state index >= 15 is 0 Å². The van der Waals surface area contributed by atoms with Crippen molar-refractivity contribution in [1.82, 2.24) is 5.32 Å². The lowest BCUT2D eigenvalue weighted by Gasteiger charge is -2.17. The molecule has 3 heteroatoms. The average molecular weight is 237 g/mol. The zero-order valence-corrected chi connectivity index (χ0v) is 10.7. The summed E-state index contributed by atoms with van der Waals surface area (Å²) in [6, 6.07) is 6.46. The third kappa shape index (κ3) is 6.05. The number of rotatable bonds is 4. The lowest BCUT2D eigenvalue weighted by atomic mass is 9.92. The minimum absolute atomic E-state index is 0.00292. The van der Waals surface area contributed by atoms with Crippen LogP contribution in [0.4, 0.5) is 4.39 Å². The molecule has 1 rings (SSSR count). The molecule has 0 fully saturated rings. The van der Waals surface area contributed by atoms with E-state index in [-0.39, 0.29) is 17.1 Å². The maximum absolute atomic E-state index is 12.9. The summed E-state index contributed by atoms with van der Waals surface area (Å²) in [5.74, 6) is -0.183. The van der Waals surface area contributed by atoms with Crippen LogP contribution in [0.2, 0.25) is 0 Å². The highest BCUT2D eigenvalue weighted by atomic mass is 19.1. The first-order valence-corrected chi connectivity index (χ1v) is 5.88. The Kier molecular flexibility index (Phi) is 4.67. The van der Waals surface area contributed by atoms with E-state index in [4.69, 9.17) is 0 Å². The number of carbonyl (C=O) groups excluding carboxylic acids is 1. The summed E-state index contributed by atoms with van der Waals surface area (Å²) in [5.41, 5.74) is 0.907. The van der Waals surface area contributed by atoms with Crippen LogP contribution >= 0.6 is 0 Å². The van der Waals surface area contributed by atoms with E-state index in [9.17, 15) is 9.18 Å². The minimum Gasteiger partial charge on any atom is -0.356 e. The Balaban J connectivity index is 2.31. The first kappa shape index (κ1) is 13.7. The summed E-state index contributed by atoms with van der Waals surface area (Å²) in [7, 11) is 0. The number of hydrogen-bond donors (Lipinski definition) is 1. The van der Waals surface area contributed by atoms with Crippen molar-refractivity contribution in [3.63, 3.8) is 0 Å². The molecule has 1 aromatic carbocycles. The summed E-state index contributed by atoms with van der Waals surface area (Å²) < 4.78 is 12.9. The zero-order chi connectivity index (χ0) is 12.9. The van der Waals surface area contributed by atoms with Gasteiger partial charge < -0.3 is 5.32 Å². The van der Waals surface area contributed by atoms with Crippen molar-refractivity contribution in [2.45, 2.75) is 33.6 Å². The summed E-state index contributed by atoms with van der Waals surface area (Å²) in [5, 5.41) is 2.85. The molecule has 0 saturated carbocycles. The van der Waals surface area contributed by atoms with Gasteiger partial charge in [0, 0.05) is 13.0 Å². The molecule has 0 atom stereocenters. The number of halogens is 1. The first-order chi connectivity index (χ1) is 7.87. The Morgan fingerprint density at radius 3 is 2.65 bits per heavy atom. The molecule has 0 radical (unpaired) electrons. The molecule has 0 aliphatic heterocycles. The van der Waals surface area contributed by atoms with Gasteiger partial charge in [-0.1, -0.05) is 32.9 Å². The molecule has 0 aliphatic carbocycles. The molecule has 94 valence electrons. The second-order valence-corrected chi connectivity index (χ2v) is 5.47. The van der Waals surface area contributed by atoms with E-state index < -0.39 is 0 Å². The van der Waals surface area contributed by atoms with Crippen LogP contribution < -0.4 is 5.32 Å². The first-order valence-electron chi connectivity index (χ1n) is 5.88. The van der Waals surface area contributed by atoms with Crippen molar-refractivity contribution in [2.75, 3.05) is 6.54 Å². The van der Waals surface area contributed by atoms with Gasteiger partial charge >= 0.3 is 0 Å². The Hall–Kier alpha value is -1.38. The molecule has 0 aliphatic rings. The Morgan fingerprint density at radius 1 is 1.35 bits per heavy atom. The standard InChI is InChI=1S/C14H20FNO/c1-14(2,3)10-13(17)16-8-7-11-5-4-6-12(15)9-11/h4-6,9H,7-8,10H2,1-3H3,(H,16,17). The van der Waals surface area contributed by atoms with Crippen LogP contribution in [0.5, 0.6) is 0 Å². The quantitative estimate of drug-likeness (QED) is 0.857. The predicted octanol–water partition coefficient (Wildman–Crippen LogP) is 2.92. The van der Waals surface area contributed by atoms with E-state index in [0.29, 0.717) is 19.4 Å². The molecule has 0 spiro atoms. The van der Waals surface area contributed by atoms with Crippen molar-refractivity contribution in [2.24, 2.45) is 5.41 Å². The van der Waals surface area contributed by atoms with Gasteiger partial charge in [-0.05, 0) is 29.5 Å². The number of benzene rings is 1. The summed E-state index contributed by atoms with van der Waals surface area (Å²) >= 11 is 0. The molecular weight excluding hydrogens is 217 g/mol. The Labute approximate surface area is 102 Å². The highest BCUT2D eigenvalue weighted by Crippen LogP contribution is 2.17. The third-order valence-electron chi connectivity index (χ3n) is 2.32. The minimum atomic E-state index is -0.233. The molecular formula is C14H20FNO. The second-order valence-electron chi connectivity index (χ2n) is 5.47. The predicted molar refractivity (Wildman–Crippen MR) is 67.2 cm³/mol. The topological polar surface area (TPSA) is 29.1 Å². The highest BCUT2D eigenvalue weighted by Gasteiger charge is 2.15. The van der Waals surface area contributed by atoms with E-state index in [1.54, 1.807) is 6.07 Å². The molecule has 1 aromatic rings. The van der Waals surface area contributed by atoms with Gasteiger partial charge in [-0.2, -0.15) is 0 Å². The van der Waals surface area contributed by atoms with Crippen LogP contribution in [0.25, 0.3) is 0 Å². The highest BCUT2D eigenvalue weighted by molar-refractivity contribution is 5.76. The van der Waals surface area contributed by atoms with E-state index in [1.165, 1.54) is 12.1 Å². The van der Waals surface area contributed by atoms with Crippen molar-refractivity contribution in [3.05, 3.63) is 35.6 Å². The van der Waals surface area contributed by atoms with Crippen LogP contribution in [0.1, 0.15) is 32.8 Å². The van der Waals surface area contributed by atoms with Crippen molar-refractivity contribution < 1.29 is 9.18 Å². The normalized spacial score (nSPS) is 11.3. The fourth-order valence-corrected chi connectivity index (χ4v) is 1.58. The van der Waals surface area contributed by atoms with Gasteiger partial charge in [-0.3, -0.25) is 4.79 Å². The molecule has 0 heterocycles. The molecule has 0 bridgehead atoms. The SMILES string of the molecule is CC(C)(C)CC(=O)NCCc1cccc(F)c1. The maximum atomic E-state index is 12.9. The molecule has 2 nitrogen and oxygen atoms in total. The lowest BCUT2D eigenvalue weighted by molar-refractivity contribution is -0.122. The van der Waals surface area contributed by atoms with Crippen molar-refractivity contribution >= 4 is 5.91 Å². The average Bonchev–Trinajstić information content (AvgIpc) is 2.14. The van der Waals surface area contributed by atoms with Crippen LogP contribution in [0.15, 0.2) is 24.3 Å². The number of hydrogen-bond acceptors (Lipinski definition) is 1. The van der Waals surface area contributed by atoms with Gasteiger partial charge in [0.15, 0.2) is 0 Å². The lowest BCUT2D eigenvalue weighted by Crippen LogP contribution is -2.29. The van der Waals surface area contributed by atoms with E-state index in [0.717, 1.165) is 5.56 Å². The molecule has 0 saturated heterocycles. The molecule has 1 amide bonds. The fraction of sp³-hybridized carbons (Fsp3) is 0.500. The largest absolute Gasteiger partial charge is 0.356 e. The summed E-state index contributed by atoms with van der Waals surface area (Å²) in [6.07, 6.45) is 1.17. The van der Waals surface area contributed by atoms with Gasteiger partial charge in [0.1, 0.15) is 5.82 Å². The van der Waals surface area contributed by atoms with Crippen LogP contribution in [0, 0.1) is 11.2 Å². The molecule has 0 unspecified atom stereocenters. The second kappa shape index (κ2) is 5.80. The Bertz CT molecular complexity index is 382. The molecule has 0 aromatic heterocycles. The van der Waals surface area contributed by atoms with Gasteiger partial charge in [0.2, 0.25) is 5.91 Å². The fourth-order valence-electron chi connectivity index (χ4n) is 1.58. The van der Waals surface area contributed by atoms with Crippen molar-refractivity contribution in [1.29, 1.82) is 0 Å². The van der Waals surface area contributed by atoms with Gasteiger partial charge in [-0.15, -0.1) is 0 Å². The van der Waals surface area contributed by atoms with Gasteiger partial charge in [-0.25, -0.2) is 4.39 Å². The van der Waals surface area contributed by atoms with Gasteiger partial charge in [0.25, 0.3) is 0 Å². The monoisotopic (exact) mass is 237 g/mol. The zero-order valence-electron chi connectivity index (χ0n) is 10.7. The summed E-state index contributed by atoms with van der Waals surface area (Å²) in [4.78, 5) is 11.5. The van der Waals surface area contributed by atoms with Gasteiger partial charge in [0.05, 0.1) is 0 Å². The smallest absolute Gasteiger partial charge is 0.220 e. The van der Waals surface area contributed by atoms with Crippen LogP contribution in [-0.2, 0) is 11.2 Å². The van der Waals surface area contributed by atoms with Crippen LogP contribution in [-0.4, -0.2) is 12.5 Å². The number of nitrogens with one attached hydrogen (secondary N) is 1. The molecule has 17 heavy (non-hydrogen) atoms. The molecule has 1 N–H and O–H groups in total. The van der Waals surface area contributed by atoms with E-state index in [2.05, 4.69) is 5.32 Å². The number of carbonyl (C=O) groups is 1. The van der Waals surface area contributed by atoms with E-state index in [1.807, 2.05) is 26.8 Å². The van der Waals surface area contributed by atoms with Crippen molar-refractivity contribution in [3.8, 4) is 0 Å². The third-order valence-corrected chi connectivity index (χ3v) is 2.32. The Morgan fingerprint density at radius 2 is 2.06 bits per heavy atom. The summed E-state index contributed by atoms with van der Waals surface area (Å²) in [6.45, 7) is 6.63. The maximum Gasteiger partial charge on any atom is 0.220 e. The number of amides is 1.